The van der Waals surface area contributed by atoms with Crippen LogP contribution in [-0.2, 0) is 0 Å². The van der Waals surface area contributed by atoms with Crippen LogP contribution in [0.4, 0.5) is 11.5 Å². The van der Waals surface area contributed by atoms with Crippen LogP contribution in [0.5, 0.6) is 0 Å². The van der Waals surface area contributed by atoms with E-state index in [1.807, 2.05) is 0 Å². The lowest BCUT2D eigenvalue weighted by Gasteiger charge is -2.11. The number of carbonyl (C=O) groups is 1. The van der Waals surface area contributed by atoms with Crippen molar-refractivity contribution >= 4 is 52.6 Å². The Labute approximate surface area is 124 Å². The second kappa shape index (κ2) is 5.74. The van der Waals surface area contributed by atoms with Gasteiger partial charge in [-0.2, -0.15) is 0 Å². The first-order valence-corrected chi connectivity index (χ1v) is 6.36. The number of benzene rings is 1. The Morgan fingerprint density at radius 1 is 1.21 bits per heavy atom. The Morgan fingerprint density at radius 2 is 1.95 bits per heavy atom. The van der Waals surface area contributed by atoms with Gasteiger partial charge in [0.05, 0.1) is 16.3 Å². The number of nitrogens with one attached hydrogen (secondary N) is 1. The molecule has 7 heteroatoms. The molecule has 0 aliphatic rings. The van der Waals surface area contributed by atoms with E-state index in [-0.39, 0.29) is 10.7 Å². The van der Waals surface area contributed by atoms with E-state index in [2.05, 4.69) is 15.3 Å². The Morgan fingerprint density at radius 3 is 2.58 bits per heavy atom. The summed E-state index contributed by atoms with van der Waals surface area (Å²) in [4.78, 5) is 19.1. The zero-order valence-electron chi connectivity index (χ0n) is 9.75. The van der Waals surface area contributed by atoms with Gasteiger partial charge in [-0.05, 0) is 25.1 Å². The average molecular weight is 317 g/mol. The van der Waals surface area contributed by atoms with Crippen molar-refractivity contribution in [2.24, 2.45) is 0 Å². The van der Waals surface area contributed by atoms with Gasteiger partial charge < -0.3 is 5.32 Å². The van der Waals surface area contributed by atoms with Crippen molar-refractivity contribution in [3.05, 3.63) is 44.8 Å². The second-order valence-corrected chi connectivity index (χ2v) is 4.89. The van der Waals surface area contributed by atoms with Crippen LogP contribution in [-0.4, -0.2) is 16.3 Å². The number of rotatable bonds is 3. The van der Waals surface area contributed by atoms with Crippen LogP contribution in [0.15, 0.2) is 18.2 Å². The van der Waals surface area contributed by atoms with Crippen molar-refractivity contribution in [2.75, 3.05) is 5.32 Å². The first-order valence-electron chi connectivity index (χ1n) is 5.22. The van der Waals surface area contributed by atoms with Gasteiger partial charge in [0.15, 0.2) is 6.29 Å². The summed E-state index contributed by atoms with van der Waals surface area (Å²) in [5.74, 6) is 0.750. The predicted octanol–water partition coefficient (Wildman–Crippen LogP) is 4.30. The molecule has 0 saturated heterocycles. The zero-order chi connectivity index (χ0) is 14.0. The van der Waals surface area contributed by atoms with Crippen LogP contribution in [0.25, 0.3) is 0 Å². The van der Waals surface area contributed by atoms with Gasteiger partial charge in [0.2, 0.25) is 0 Å². The summed E-state index contributed by atoms with van der Waals surface area (Å²) in [6.45, 7) is 1.68. The fourth-order valence-corrected chi connectivity index (χ4v) is 2.18. The van der Waals surface area contributed by atoms with Crippen LogP contribution in [0.1, 0.15) is 16.2 Å². The van der Waals surface area contributed by atoms with E-state index < -0.39 is 0 Å². The highest BCUT2D eigenvalue weighted by Crippen LogP contribution is 2.29. The van der Waals surface area contributed by atoms with Crippen molar-refractivity contribution in [1.82, 2.24) is 9.97 Å². The molecule has 0 fully saturated rings. The normalized spacial score (nSPS) is 10.3. The molecule has 19 heavy (non-hydrogen) atoms. The SMILES string of the molecule is Cc1nc(Cl)c(C=O)c(Nc2ccc(Cl)cc2Cl)n1. The predicted molar refractivity (Wildman–Crippen MR) is 76.9 cm³/mol. The number of hydrogen-bond acceptors (Lipinski definition) is 4. The molecule has 2 aromatic rings. The maximum Gasteiger partial charge on any atom is 0.156 e. The van der Waals surface area contributed by atoms with E-state index in [1.54, 1.807) is 25.1 Å². The van der Waals surface area contributed by atoms with E-state index >= 15 is 0 Å². The molecule has 0 radical (unpaired) electrons. The van der Waals surface area contributed by atoms with Crippen molar-refractivity contribution in [3.63, 3.8) is 0 Å². The van der Waals surface area contributed by atoms with Crippen molar-refractivity contribution in [3.8, 4) is 0 Å². The molecule has 98 valence electrons. The summed E-state index contributed by atoms with van der Waals surface area (Å²) in [6.07, 6.45) is 0.591. The molecule has 1 aromatic carbocycles. The lowest BCUT2D eigenvalue weighted by atomic mass is 10.3. The third-order valence-corrected chi connectivity index (χ3v) is 3.15. The first-order chi connectivity index (χ1) is 9.01. The zero-order valence-corrected chi connectivity index (χ0v) is 12.0. The van der Waals surface area contributed by atoms with Gasteiger partial charge in [0, 0.05) is 5.02 Å². The number of anilines is 2. The van der Waals surface area contributed by atoms with Gasteiger partial charge >= 0.3 is 0 Å². The molecule has 1 aromatic heterocycles. The Bertz CT molecular complexity index is 646. The highest BCUT2D eigenvalue weighted by atomic mass is 35.5. The number of aryl methyl sites for hydroxylation is 1. The van der Waals surface area contributed by atoms with Gasteiger partial charge in [0.25, 0.3) is 0 Å². The Hall–Kier alpha value is -1.36. The van der Waals surface area contributed by atoms with E-state index in [1.165, 1.54) is 0 Å². The monoisotopic (exact) mass is 315 g/mol. The van der Waals surface area contributed by atoms with Crippen LogP contribution < -0.4 is 5.32 Å². The quantitative estimate of drug-likeness (QED) is 0.677. The molecule has 0 atom stereocenters. The van der Waals surface area contributed by atoms with E-state index in [9.17, 15) is 4.79 Å². The van der Waals surface area contributed by atoms with Crippen molar-refractivity contribution < 1.29 is 4.79 Å². The molecule has 0 aliphatic heterocycles. The van der Waals surface area contributed by atoms with Crippen LogP contribution in [0.2, 0.25) is 15.2 Å². The maximum atomic E-state index is 11.0. The molecule has 0 bridgehead atoms. The highest BCUT2D eigenvalue weighted by Gasteiger charge is 2.12. The fraction of sp³-hybridized carbons (Fsp3) is 0.0833. The lowest BCUT2D eigenvalue weighted by Crippen LogP contribution is -2.03. The van der Waals surface area contributed by atoms with Gasteiger partial charge in [-0.1, -0.05) is 34.8 Å². The Kier molecular flexibility index (Phi) is 4.24. The molecule has 2 rings (SSSR count). The summed E-state index contributed by atoms with van der Waals surface area (Å²) in [5.41, 5.74) is 0.751. The van der Waals surface area contributed by atoms with Crippen LogP contribution >= 0.6 is 34.8 Å². The smallest absolute Gasteiger partial charge is 0.156 e. The van der Waals surface area contributed by atoms with E-state index in [0.29, 0.717) is 33.7 Å². The van der Waals surface area contributed by atoms with Gasteiger partial charge in [0.1, 0.15) is 16.8 Å². The summed E-state index contributed by atoms with van der Waals surface area (Å²) in [6, 6.07) is 4.94. The highest BCUT2D eigenvalue weighted by molar-refractivity contribution is 6.36. The van der Waals surface area contributed by atoms with Crippen molar-refractivity contribution in [2.45, 2.75) is 6.92 Å². The standard InChI is InChI=1S/C12H8Cl3N3O/c1-6-16-11(15)8(5-19)12(17-6)18-10-3-2-7(13)4-9(10)14/h2-5H,1H3,(H,16,17,18). The van der Waals surface area contributed by atoms with Crippen LogP contribution in [0.3, 0.4) is 0 Å². The molecule has 0 aliphatic carbocycles. The molecule has 4 nitrogen and oxygen atoms in total. The third kappa shape index (κ3) is 3.15. The minimum Gasteiger partial charge on any atom is -0.338 e. The second-order valence-electron chi connectivity index (χ2n) is 3.69. The number of hydrogen-bond donors (Lipinski definition) is 1. The molecule has 0 saturated carbocycles. The number of aromatic nitrogens is 2. The number of halogens is 3. The number of aldehydes is 1. The third-order valence-electron chi connectivity index (χ3n) is 2.31. The summed E-state index contributed by atoms with van der Waals surface area (Å²) in [7, 11) is 0. The minimum atomic E-state index is 0.0927. The molecule has 1 N–H and O–H groups in total. The van der Waals surface area contributed by atoms with Gasteiger partial charge in [-0.25, -0.2) is 9.97 Å². The topological polar surface area (TPSA) is 54.9 Å². The molecule has 0 spiro atoms. The summed E-state index contributed by atoms with van der Waals surface area (Å²) >= 11 is 17.7. The first kappa shape index (κ1) is 14.1. The maximum absolute atomic E-state index is 11.0. The van der Waals surface area contributed by atoms with Crippen LogP contribution in [0, 0.1) is 6.92 Å². The lowest BCUT2D eigenvalue weighted by molar-refractivity contribution is 0.112. The largest absolute Gasteiger partial charge is 0.338 e. The molecule has 0 amide bonds. The van der Waals surface area contributed by atoms with E-state index in [4.69, 9.17) is 34.8 Å². The molecular formula is C12H8Cl3N3O. The Balaban J connectivity index is 2.45. The number of nitrogens with zero attached hydrogens (tertiary/aromatic N) is 2. The van der Waals surface area contributed by atoms with Gasteiger partial charge in [-0.15, -0.1) is 0 Å². The molecule has 0 unspecified atom stereocenters. The molecular weight excluding hydrogens is 309 g/mol. The van der Waals surface area contributed by atoms with Crippen molar-refractivity contribution in [1.29, 1.82) is 0 Å². The van der Waals surface area contributed by atoms with Gasteiger partial charge in [-0.3, -0.25) is 4.79 Å². The minimum absolute atomic E-state index is 0.0927. The van der Waals surface area contributed by atoms with E-state index in [0.717, 1.165) is 0 Å². The molecule has 1 heterocycles. The summed E-state index contributed by atoms with van der Waals surface area (Å²) in [5, 5.41) is 3.97. The summed E-state index contributed by atoms with van der Waals surface area (Å²) < 4.78 is 0. The fourth-order valence-electron chi connectivity index (χ4n) is 1.47. The average Bonchev–Trinajstić information content (AvgIpc) is 2.32. The number of carbonyl (C=O) groups excluding carboxylic acids is 1.